The lowest BCUT2D eigenvalue weighted by atomic mass is 9.70. The maximum Gasteiger partial charge on any atom is 0.0726 e. The fraction of sp³-hybridized carbons (Fsp3) is 0.0667. The number of nitrogens with zero attached hydrogens (tertiary/aromatic N) is 1. The molecule has 0 N–H and O–H groups in total. The van der Waals surface area contributed by atoms with E-state index in [1.807, 2.05) is 0 Å². The van der Waals surface area contributed by atoms with E-state index in [-0.39, 0.29) is 5.41 Å². The third-order valence-corrected chi connectivity index (χ3v) is 14.8. The van der Waals surface area contributed by atoms with Crippen molar-refractivity contribution in [2.24, 2.45) is 0 Å². The summed E-state index contributed by atoms with van der Waals surface area (Å²) in [6, 6.07) is 76.1. The Morgan fingerprint density at radius 1 is 0.311 bits per heavy atom. The Morgan fingerprint density at radius 2 is 0.820 bits per heavy atom. The van der Waals surface area contributed by atoms with Crippen molar-refractivity contribution in [3.8, 4) is 55.6 Å². The molecule has 10 aromatic carbocycles. The predicted molar refractivity (Wildman–Crippen MR) is 254 cm³/mol. The summed E-state index contributed by atoms with van der Waals surface area (Å²) in [4.78, 5) is 2.51. The van der Waals surface area contributed by atoms with Crippen molar-refractivity contribution in [3.05, 3.63) is 234 Å². The first kappa shape index (κ1) is 33.4. The van der Waals surface area contributed by atoms with Gasteiger partial charge in [-0.05, 0) is 153 Å². The molecule has 4 aliphatic rings. The molecule has 0 aromatic heterocycles. The van der Waals surface area contributed by atoms with E-state index < -0.39 is 5.41 Å². The van der Waals surface area contributed by atoms with Crippen LogP contribution in [0.15, 0.2) is 200 Å². The van der Waals surface area contributed by atoms with E-state index in [4.69, 9.17) is 0 Å². The molecule has 14 rings (SSSR count). The minimum atomic E-state index is -0.511. The molecule has 1 nitrogen and oxygen atoms in total. The first-order valence-corrected chi connectivity index (χ1v) is 21.6. The molecular formula is C60H39N. The molecule has 284 valence electrons. The maximum atomic E-state index is 2.58. The van der Waals surface area contributed by atoms with Gasteiger partial charge >= 0.3 is 0 Å². The van der Waals surface area contributed by atoms with Crippen molar-refractivity contribution in [3.63, 3.8) is 0 Å². The first-order valence-electron chi connectivity index (χ1n) is 21.6. The summed E-state index contributed by atoms with van der Waals surface area (Å²) in [6.45, 7) is 4.76. The van der Waals surface area contributed by atoms with Gasteiger partial charge in [0.25, 0.3) is 0 Å². The van der Waals surface area contributed by atoms with Crippen LogP contribution in [0.5, 0.6) is 0 Å². The van der Waals surface area contributed by atoms with Gasteiger partial charge in [0, 0.05) is 22.5 Å². The highest BCUT2D eigenvalue weighted by molar-refractivity contribution is 6.21. The molecule has 0 aliphatic heterocycles. The fourth-order valence-corrected chi connectivity index (χ4v) is 12.2. The lowest BCUT2D eigenvalue weighted by Crippen LogP contribution is -2.26. The Kier molecular flexibility index (Phi) is 6.36. The minimum Gasteiger partial charge on any atom is -0.310 e. The molecule has 0 saturated heterocycles. The van der Waals surface area contributed by atoms with Crippen LogP contribution in [-0.2, 0) is 10.8 Å². The second-order valence-electron chi connectivity index (χ2n) is 18.0. The molecule has 1 atom stereocenters. The molecule has 1 unspecified atom stereocenters. The van der Waals surface area contributed by atoms with Crippen LogP contribution < -0.4 is 4.90 Å². The van der Waals surface area contributed by atoms with Crippen molar-refractivity contribution in [2.75, 3.05) is 4.90 Å². The van der Waals surface area contributed by atoms with E-state index >= 15 is 0 Å². The number of benzene rings is 10. The number of rotatable bonds is 3. The third kappa shape index (κ3) is 4.11. The molecule has 1 heteroatoms. The van der Waals surface area contributed by atoms with Gasteiger partial charge < -0.3 is 4.90 Å². The standard InChI is InChI=1S/C60H39N/c1-59(2)51-23-10-7-18-43(51)45-30-28-39(33-54(45)59)61(38-27-26-36-14-3-4-15-37(36)32-38)40-29-31-46-44-19-8-11-24-52(44)60(55(46)34-40)53-25-12-9-20-48(53)58-49-22-13-21-47-41-16-5-6-17-42(41)50(57(47)49)35-56(58)60/h3-35H,1-2H3. The van der Waals surface area contributed by atoms with Crippen LogP contribution in [0.25, 0.3) is 77.2 Å². The van der Waals surface area contributed by atoms with Gasteiger partial charge in [0.1, 0.15) is 0 Å². The summed E-state index contributed by atoms with van der Waals surface area (Å²) >= 11 is 0. The molecule has 0 saturated carbocycles. The Morgan fingerprint density at radius 3 is 1.57 bits per heavy atom. The zero-order chi connectivity index (χ0) is 40.2. The lowest BCUT2D eigenvalue weighted by Gasteiger charge is -2.33. The molecule has 0 amide bonds. The zero-order valence-electron chi connectivity index (χ0n) is 34.0. The second kappa shape index (κ2) is 11.6. The van der Waals surface area contributed by atoms with E-state index in [0.29, 0.717) is 0 Å². The molecule has 0 fully saturated rings. The van der Waals surface area contributed by atoms with Crippen molar-refractivity contribution in [2.45, 2.75) is 24.7 Å². The Hall–Kier alpha value is -7.48. The van der Waals surface area contributed by atoms with Crippen LogP contribution in [0, 0.1) is 0 Å². The van der Waals surface area contributed by atoms with Crippen molar-refractivity contribution < 1.29 is 0 Å². The Labute approximate surface area is 355 Å². The van der Waals surface area contributed by atoms with Gasteiger partial charge in [-0.2, -0.15) is 0 Å². The number of hydrogen-bond acceptors (Lipinski definition) is 1. The molecule has 0 bridgehead atoms. The summed E-state index contributed by atoms with van der Waals surface area (Å²) in [7, 11) is 0. The molecule has 1 spiro atoms. The number of anilines is 3. The van der Waals surface area contributed by atoms with E-state index in [0.717, 1.165) is 17.1 Å². The van der Waals surface area contributed by atoms with Crippen molar-refractivity contribution >= 4 is 38.6 Å². The summed E-state index contributed by atoms with van der Waals surface area (Å²) in [5.74, 6) is 0. The van der Waals surface area contributed by atoms with Gasteiger partial charge in [0.2, 0.25) is 0 Å². The Bertz CT molecular complexity index is 3590. The topological polar surface area (TPSA) is 3.24 Å². The van der Waals surface area contributed by atoms with Gasteiger partial charge in [0.05, 0.1) is 5.41 Å². The van der Waals surface area contributed by atoms with E-state index in [2.05, 4.69) is 219 Å². The highest BCUT2D eigenvalue weighted by atomic mass is 15.1. The molecule has 4 aliphatic carbocycles. The average Bonchev–Trinajstić information content (AvgIpc) is 3.97. The molecule has 0 heterocycles. The molecule has 10 aromatic rings. The number of hydrogen-bond donors (Lipinski definition) is 0. The molecule has 0 radical (unpaired) electrons. The van der Waals surface area contributed by atoms with Gasteiger partial charge in [-0.1, -0.05) is 172 Å². The van der Waals surface area contributed by atoms with Crippen LogP contribution in [0.1, 0.15) is 47.2 Å². The smallest absolute Gasteiger partial charge is 0.0726 e. The summed E-state index contributed by atoms with van der Waals surface area (Å²) in [5.41, 5.74) is 24.3. The van der Waals surface area contributed by atoms with Crippen LogP contribution in [0.2, 0.25) is 0 Å². The summed E-state index contributed by atoms with van der Waals surface area (Å²) in [5, 5.41) is 5.18. The molecular weight excluding hydrogens is 735 g/mol. The van der Waals surface area contributed by atoms with Crippen molar-refractivity contribution in [1.29, 1.82) is 0 Å². The molecule has 61 heavy (non-hydrogen) atoms. The van der Waals surface area contributed by atoms with Gasteiger partial charge in [0.15, 0.2) is 0 Å². The van der Waals surface area contributed by atoms with Crippen LogP contribution in [0.3, 0.4) is 0 Å². The normalized spacial score (nSPS) is 16.2. The summed E-state index contributed by atoms with van der Waals surface area (Å²) < 4.78 is 0. The predicted octanol–water partition coefficient (Wildman–Crippen LogP) is 15.8. The minimum absolute atomic E-state index is 0.124. The van der Waals surface area contributed by atoms with E-state index in [1.165, 1.54) is 111 Å². The largest absolute Gasteiger partial charge is 0.310 e. The van der Waals surface area contributed by atoms with Gasteiger partial charge in [-0.25, -0.2) is 0 Å². The van der Waals surface area contributed by atoms with Crippen LogP contribution >= 0.6 is 0 Å². The van der Waals surface area contributed by atoms with Crippen molar-refractivity contribution in [1.82, 2.24) is 0 Å². The highest BCUT2D eigenvalue weighted by Crippen LogP contribution is 2.66. The van der Waals surface area contributed by atoms with Crippen LogP contribution in [-0.4, -0.2) is 0 Å². The zero-order valence-corrected chi connectivity index (χ0v) is 34.0. The lowest BCUT2D eigenvalue weighted by molar-refractivity contribution is 0.660. The van der Waals surface area contributed by atoms with Gasteiger partial charge in [-0.3, -0.25) is 0 Å². The highest BCUT2D eigenvalue weighted by Gasteiger charge is 2.53. The number of fused-ring (bicyclic) bond motifs is 18. The van der Waals surface area contributed by atoms with Gasteiger partial charge in [-0.15, -0.1) is 0 Å². The quantitative estimate of drug-likeness (QED) is 0.173. The first-order chi connectivity index (χ1) is 30.0. The third-order valence-electron chi connectivity index (χ3n) is 14.8. The monoisotopic (exact) mass is 773 g/mol. The fourth-order valence-electron chi connectivity index (χ4n) is 12.2. The Balaban J connectivity index is 1.06. The van der Waals surface area contributed by atoms with E-state index in [9.17, 15) is 0 Å². The summed E-state index contributed by atoms with van der Waals surface area (Å²) in [6.07, 6.45) is 0. The average molecular weight is 774 g/mol. The SMILES string of the molecule is CC1(C)c2ccccc2-c2ccc(N(c3ccc4c(c3)C3(c5ccccc5-4)c4ccccc4-c4c3cc3c5c(cccc45)-c4ccccc4-3)c3ccc4ccccc4c3)cc21. The van der Waals surface area contributed by atoms with E-state index in [1.54, 1.807) is 0 Å². The second-order valence-corrected chi connectivity index (χ2v) is 18.0. The van der Waals surface area contributed by atoms with Crippen LogP contribution in [0.4, 0.5) is 17.1 Å². The maximum absolute atomic E-state index is 2.58.